The molecule has 2 atom stereocenters. The molecule has 1 aromatic rings. The minimum Gasteiger partial charge on any atom is -0.247 e. The Morgan fingerprint density at radius 3 is 2.63 bits per heavy atom. The molecule has 0 saturated heterocycles. The molecular weight excluding hydrogens is 317 g/mol. The fraction of sp³-hybridized carbons (Fsp3) is 0.600. The number of unbranched alkanes of at least 4 members (excludes halogenated alkanes) is 2. The van der Waals surface area contributed by atoms with Crippen LogP contribution in [-0.2, 0) is 6.42 Å². The smallest absolute Gasteiger partial charge is 0.162 e. The minimum absolute atomic E-state index is 0.0700. The Bertz CT molecular complexity index is 382. The number of benzene rings is 1. The quantitative estimate of drug-likeness (QED) is 0.429. The van der Waals surface area contributed by atoms with Gasteiger partial charge in [-0.15, -0.1) is 0 Å². The first-order valence-corrected chi connectivity index (χ1v) is 7.67. The van der Waals surface area contributed by atoms with Crippen molar-refractivity contribution in [2.45, 2.75) is 56.4 Å². The van der Waals surface area contributed by atoms with Crippen LogP contribution in [0.1, 0.15) is 44.6 Å². The molecule has 0 amide bonds. The van der Waals surface area contributed by atoms with Crippen LogP contribution in [0.3, 0.4) is 0 Å². The molecule has 0 heterocycles. The van der Waals surface area contributed by atoms with Crippen molar-refractivity contribution in [2.24, 2.45) is 0 Å². The molecule has 0 aliphatic rings. The van der Waals surface area contributed by atoms with Gasteiger partial charge in [-0.05, 0) is 24.5 Å². The molecule has 0 aliphatic heterocycles. The fourth-order valence-electron chi connectivity index (χ4n) is 2.04. The van der Waals surface area contributed by atoms with Crippen LogP contribution in [0.5, 0.6) is 0 Å². The molecule has 108 valence electrons. The van der Waals surface area contributed by atoms with Crippen LogP contribution in [0, 0.1) is 11.6 Å². The largest absolute Gasteiger partial charge is 0.247 e. The molecule has 0 aliphatic carbocycles. The molecule has 1 aromatic carbocycles. The zero-order valence-corrected chi connectivity index (χ0v) is 12.7. The van der Waals surface area contributed by atoms with Gasteiger partial charge in [0.1, 0.15) is 6.17 Å². The van der Waals surface area contributed by atoms with Crippen LogP contribution in [0.2, 0.25) is 0 Å². The molecule has 0 N–H and O–H groups in total. The number of hydrogen-bond donors (Lipinski definition) is 0. The van der Waals surface area contributed by atoms with Crippen molar-refractivity contribution in [3.8, 4) is 0 Å². The first-order chi connectivity index (χ1) is 9.04. The summed E-state index contributed by atoms with van der Waals surface area (Å²) in [5, 5.41) is 0. The Kier molecular flexibility index (Phi) is 7.51. The fourth-order valence-corrected chi connectivity index (χ4v) is 2.77. The van der Waals surface area contributed by atoms with Crippen molar-refractivity contribution in [3.63, 3.8) is 0 Å². The third-order valence-electron chi connectivity index (χ3n) is 3.11. The SMILES string of the molecule is CCCCCC(Br)CC(F)Cc1cccc(F)c1F. The summed E-state index contributed by atoms with van der Waals surface area (Å²) in [4.78, 5) is 0.102. The monoisotopic (exact) mass is 336 g/mol. The first kappa shape index (κ1) is 16.5. The van der Waals surface area contributed by atoms with Crippen molar-refractivity contribution in [1.29, 1.82) is 0 Å². The van der Waals surface area contributed by atoms with Crippen molar-refractivity contribution in [1.82, 2.24) is 0 Å². The van der Waals surface area contributed by atoms with Crippen LogP contribution in [0.4, 0.5) is 13.2 Å². The lowest BCUT2D eigenvalue weighted by atomic mass is 10.0. The van der Waals surface area contributed by atoms with Gasteiger partial charge in [0.25, 0.3) is 0 Å². The third kappa shape index (κ3) is 5.98. The van der Waals surface area contributed by atoms with E-state index in [0.29, 0.717) is 6.42 Å². The van der Waals surface area contributed by atoms with Gasteiger partial charge in [0.2, 0.25) is 0 Å². The highest BCUT2D eigenvalue weighted by Crippen LogP contribution is 2.22. The second-order valence-electron chi connectivity index (χ2n) is 4.84. The number of halogens is 4. The van der Waals surface area contributed by atoms with E-state index in [1.165, 1.54) is 12.1 Å². The van der Waals surface area contributed by atoms with Gasteiger partial charge >= 0.3 is 0 Å². The molecule has 19 heavy (non-hydrogen) atoms. The number of rotatable bonds is 8. The highest BCUT2D eigenvalue weighted by Gasteiger charge is 2.17. The van der Waals surface area contributed by atoms with E-state index in [2.05, 4.69) is 22.9 Å². The number of alkyl halides is 2. The minimum atomic E-state index is -1.15. The Morgan fingerprint density at radius 1 is 1.21 bits per heavy atom. The van der Waals surface area contributed by atoms with Crippen LogP contribution in [-0.4, -0.2) is 11.0 Å². The van der Waals surface area contributed by atoms with Crippen LogP contribution >= 0.6 is 15.9 Å². The zero-order valence-electron chi connectivity index (χ0n) is 11.1. The summed E-state index contributed by atoms with van der Waals surface area (Å²) in [5.74, 6) is -1.84. The van der Waals surface area contributed by atoms with E-state index in [1.54, 1.807) is 0 Å². The lowest BCUT2D eigenvalue weighted by Gasteiger charge is -2.14. The summed E-state index contributed by atoms with van der Waals surface area (Å²) in [6.45, 7) is 2.12. The Balaban J connectivity index is 2.42. The molecule has 0 aromatic heterocycles. The molecule has 2 unspecified atom stereocenters. The van der Waals surface area contributed by atoms with Crippen LogP contribution in [0.25, 0.3) is 0 Å². The lowest BCUT2D eigenvalue weighted by Crippen LogP contribution is -2.13. The maximum absolute atomic E-state index is 13.8. The van der Waals surface area contributed by atoms with Crippen molar-refractivity contribution < 1.29 is 13.2 Å². The molecule has 4 heteroatoms. The van der Waals surface area contributed by atoms with Crippen molar-refractivity contribution >= 4 is 15.9 Å². The van der Waals surface area contributed by atoms with Gasteiger partial charge in [0.15, 0.2) is 11.6 Å². The zero-order chi connectivity index (χ0) is 14.3. The van der Waals surface area contributed by atoms with E-state index in [0.717, 1.165) is 31.7 Å². The molecule has 1 rings (SSSR count). The van der Waals surface area contributed by atoms with Crippen molar-refractivity contribution in [3.05, 3.63) is 35.4 Å². The van der Waals surface area contributed by atoms with Gasteiger partial charge in [0.05, 0.1) is 0 Å². The summed E-state index contributed by atoms with van der Waals surface area (Å²) in [6, 6.07) is 3.89. The molecule has 0 nitrogen and oxygen atoms in total. The third-order valence-corrected chi connectivity index (χ3v) is 3.94. The summed E-state index contributed by atoms with van der Waals surface area (Å²) in [6.07, 6.45) is 3.36. The van der Waals surface area contributed by atoms with E-state index in [1.807, 2.05) is 0 Å². The van der Waals surface area contributed by atoms with Gasteiger partial charge < -0.3 is 0 Å². The maximum atomic E-state index is 13.8. The van der Waals surface area contributed by atoms with E-state index >= 15 is 0 Å². The Morgan fingerprint density at radius 2 is 1.95 bits per heavy atom. The molecule has 0 saturated carbocycles. The molecule has 0 fully saturated rings. The first-order valence-electron chi connectivity index (χ1n) is 6.75. The predicted octanol–water partition coefficient (Wildman–Crippen LogP) is 5.58. The average molecular weight is 337 g/mol. The van der Waals surface area contributed by atoms with E-state index in [-0.39, 0.29) is 16.8 Å². The van der Waals surface area contributed by atoms with Crippen LogP contribution in [0.15, 0.2) is 18.2 Å². The Hall–Kier alpha value is -0.510. The van der Waals surface area contributed by atoms with Gasteiger partial charge in [-0.3, -0.25) is 0 Å². The number of hydrogen-bond acceptors (Lipinski definition) is 0. The second kappa shape index (κ2) is 8.62. The van der Waals surface area contributed by atoms with Crippen molar-refractivity contribution in [2.75, 3.05) is 0 Å². The maximum Gasteiger partial charge on any atom is 0.162 e. The van der Waals surface area contributed by atoms with E-state index < -0.39 is 17.8 Å². The standard InChI is InChI=1S/C15H20BrF3/c1-2-3-4-7-12(16)10-13(17)9-11-6-5-8-14(18)15(11)19/h5-6,8,12-13H,2-4,7,9-10H2,1H3. The predicted molar refractivity (Wildman–Crippen MR) is 76.4 cm³/mol. The van der Waals surface area contributed by atoms with Gasteiger partial charge in [-0.1, -0.05) is 54.2 Å². The highest BCUT2D eigenvalue weighted by molar-refractivity contribution is 9.09. The Labute approximate surface area is 121 Å². The highest BCUT2D eigenvalue weighted by atomic mass is 79.9. The summed E-state index contributed by atoms with van der Waals surface area (Å²) < 4.78 is 40.2. The molecule has 0 bridgehead atoms. The van der Waals surface area contributed by atoms with Gasteiger partial charge in [-0.25, -0.2) is 13.2 Å². The van der Waals surface area contributed by atoms with Gasteiger partial charge in [0, 0.05) is 11.2 Å². The normalized spacial score (nSPS) is 14.4. The second-order valence-corrected chi connectivity index (χ2v) is 6.14. The summed E-state index contributed by atoms with van der Waals surface area (Å²) in [5.41, 5.74) is 0.112. The molecular formula is C15H20BrF3. The summed E-state index contributed by atoms with van der Waals surface area (Å²) in [7, 11) is 0. The molecule has 0 spiro atoms. The van der Waals surface area contributed by atoms with Gasteiger partial charge in [-0.2, -0.15) is 0 Å². The average Bonchev–Trinajstić information content (AvgIpc) is 2.35. The topological polar surface area (TPSA) is 0 Å². The lowest BCUT2D eigenvalue weighted by molar-refractivity contribution is 0.303. The molecule has 0 radical (unpaired) electrons. The van der Waals surface area contributed by atoms with E-state index in [4.69, 9.17) is 0 Å². The van der Waals surface area contributed by atoms with Crippen LogP contribution < -0.4 is 0 Å². The van der Waals surface area contributed by atoms with E-state index in [9.17, 15) is 13.2 Å². The summed E-state index contributed by atoms with van der Waals surface area (Å²) >= 11 is 3.45.